The van der Waals surface area contributed by atoms with Gasteiger partial charge in [-0.15, -0.1) is 13.2 Å². The van der Waals surface area contributed by atoms with Crippen LogP contribution in [0.2, 0.25) is 0 Å². The zero-order valence-corrected chi connectivity index (χ0v) is 25.5. The Morgan fingerprint density at radius 3 is 2.06 bits per heavy atom. The Hall–Kier alpha value is -2.30. The quantitative estimate of drug-likeness (QED) is 0.211. The molecule has 1 unspecified atom stereocenters. The summed E-state index contributed by atoms with van der Waals surface area (Å²) in [6.45, 7) is 31.7. The molecule has 0 aliphatic carbocycles. The third-order valence-electron chi connectivity index (χ3n) is 5.88. The summed E-state index contributed by atoms with van der Waals surface area (Å²) in [5.74, 6) is 0.949. The van der Waals surface area contributed by atoms with Gasteiger partial charge in [0.1, 0.15) is 0 Å². The van der Waals surface area contributed by atoms with E-state index in [0.717, 1.165) is 33.2 Å². The van der Waals surface area contributed by atoms with Crippen molar-refractivity contribution >= 4 is 23.1 Å². The maximum atomic E-state index is 6.20. The average molecular weight is 510 g/mol. The van der Waals surface area contributed by atoms with Gasteiger partial charge in [-0.05, 0) is 106 Å². The molecule has 0 aliphatic heterocycles. The summed E-state index contributed by atoms with van der Waals surface area (Å²) >= 11 is 1.59. The largest absolute Gasteiger partial charge is 0.399 e. The van der Waals surface area contributed by atoms with E-state index in [9.17, 15) is 0 Å². The first-order chi connectivity index (χ1) is 16.8. The number of hydrogen-bond acceptors (Lipinski definition) is 4. The fourth-order valence-electron chi connectivity index (χ4n) is 3.55. The molecule has 0 saturated carbocycles. The molecule has 2 aromatic rings. The molecule has 2 rings (SSSR count). The molecule has 36 heavy (non-hydrogen) atoms. The lowest BCUT2D eigenvalue weighted by Crippen LogP contribution is -2.29. The first-order valence-electron chi connectivity index (χ1n) is 12.9. The van der Waals surface area contributed by atoms with Gasteiger partial charge in [0.15, 0.2) is 0 Å². The van der Waals surface area contributed by atoms with Crippen molar-refractivity contribution in [1.82, 2.24) is 9.71 Å². The standard InChI is InChI=1S/C23H31N3S.C7H16.C2H4/c1-14-11-16(3)20(12-15(14)2)22(18(5)24)17(4)21-10-9-19(13-25-21)27-26-23(6,7)8;1-4-6-7(3)5-2;1-2/h9-13,26H,5,24H2,1-4,6-8H3;7H,4-6H2,1-3H3;1-2H2/b22-17+;;. The van der Waals surface area contributed by atoms with E-state index < -0.39 is 0 Å². The number of hydrogen-bond donors (Lipinski definition) is 2. The molecule has 1 aromatic carbocycles. The van der Waals surface area contributed by atoms with E-state index in [1.165, 1.54) is 36.0 Å². The summed E-state index contributed by atoms with van der Waals surface area (Å²) < 4.78 is 3.40. The third kappa shape index (κ3) is 11.6. The van der Waals surface area contributed by atoms with Crippen LogP contribution >= 0.6 is 11.9 Å². The van der Waals surface area contributed by atoms with E-state index in [2.05, 4.69) is 117 Å². The molecule has 0 saturated heterocycles. The number of benzene rings is 1. The number of aryl methyl sites for hydroxylation is 3. The number of rotatable bonds is 8. The number of pyridine rings is 1. The van der Waals surface area contributed by atoms with Crippen LogP contribution in [0.1, 0.15) is 95.7 Å². The Labute approximate surface area is 226 Å². The second-order valence-electron chi connectivity index (χ2n) is 10.4. The van der Waals surface area contributed by atoms with E-state index in [1.54, 1.807) is 11.9 Å². The highest BCUT2D eigenvalue weighted by atomic mass is 32.2. The van der Waals surface area contributed by atoms with Crippen LogP contribution in [-0.2, 0) is 0 Å². The summed E-state index contributed by atoms with van der Waals surface area (Å²) in [5.41, 5.74) is 14.6. The first-order valence-corrected chi connectivity index (χ1v) is 13.8. The lowest BCUT2D eigenvalue weighted by Gasteiger charge is -2.19. The van der Waals surface area contributed by atoms with Crippen molar-refractivity contribution in [2.24, 2.45) is 11.7 Å². The van der Waals surface area contributed by atoms with Crippen LogP contribution in [0.15, 0.2) is 60.8 Å². The molecule has 1 atom stereocenters. The second-order valence-corrected chi connectivity index (χ2v) is 11.3. The molecule has 0 radical (unpaired) electrons. The van der Waals surface area contributed by atoms with Crippen LogP contribution in [0.5, 0.6) is 0 Å². The van der Waals surface area contributed by atoms with Crippen molar-refractivity contribution < 1.29 is 0 Å². The minimum Gasteiger partial charge on any atom is -0.399 e. The van der Waals surface area contributed by atoms with Crippen LogP contribution in [0, 0.1) is 26.7 Å². The molecule has 0 spiro atoms. The van der Waals surface area contributed by atoms with E-state index in [0.29, 0.717) is 5.70 Å². The molecule has 0 aliphatic rings. The van der Waals surface area contributed by atoms with Crippen molar-refractivity contribution in [3.05, 3.63) is 83.8 Å². The highest BCUT2D eigenvalue weighted by Crippen LogP contribution is 2.32. The van der Waals surface area contributed by atoms with Crippen molar-refractivity contribution in [3.63, 3.8) is 0 Å². The molecular weight excluding hydrogens is 458 g/mol. The van der Waals surface area contributed by atoms with Gasteiger partial charge in [-0.25, -0.2) is 0 Å². The van der Waals surface area contributed by atoms with Crippen LogP contribution in [0.3, 0.4) is 0 Å². The number of allylic oxidation sites excluding steroid dienone is 2. The van der Waals surface area contributed by atoms with Gasteiger partial charge in [0.25, 0.3) is 0 Å². The Bertz CT molecular complexity index is 982. The molecule has 0 fully saturated rings. The van der Waals surface area contributed by atoms with Gasteiger partial charge in [0.05, 0.1) is 5.69 Å². The molecule has 3 N–H and O–H groups in total. The molecule has 3 nitrogen and oxygen atoms in total. The van der Waals surface area contributed by atoms with Crippen LogP contribution < -0.4 is 10.5 Å². The smallest absolute Gasteiger partial charge is 0.0666 e. The van der Waals surface area contributed by atoms with Gasteiger partial charge in [-0.1, -0.05) is 58.7 Å². The van der Waals surface area contributed by atoms with E-state index in [-0.39, 0.29) is 5.54 Å². The van der Waals surface area contributed by atoms with Gasteiger partial charge in [-0.2, -0.15) is 0 Å². The van der Waals surface area contributed by atoms with Crippen molar-refractivity contribution in [2.45, 2.75) is 98.9 Å². The van der Waals surface area contributed by atoms with E-state index >= 15 is 0 Å². The van der Waals surface area contributed by atoms with Gasteiger partial charge in [0.2, 0.25) is 0 Å². The Kier molecular flexibility index (Phi) is 15.4. The Balaban J connectivity index is 0.00000117. The minimum absolute atomic E-state index is 0.0461. The van der Waals surface area contributed by atoms with Crippen molar-refractivity contribution in [3.8, 4) is 0 Å². The maximum absolute atomic E-state index is 6.20. The normalized spacial score (nSPS) is 12.4. The summed E-state index contributed by atoms with van der Waals surface area (Å²) in [4.78, 5) is 5.74. The summed E-state index contributed by atoms with van der Waals surface area (Å²) in [6.07, 6.45) is 5.98. The lowest BCUT2D eigenvalue weighted by molar-refractivity contribution is 0.509. The molecule has 4 heteroatoms. The number of nitrogens with zero attached hydrogens (tertiary/aromatic N) is 1. The molecular formula is C32H51N3S. The SMILES string of the molecule is C=C.C=C(N)/C(=C(/C)c1ccc(SNC(C)(C)C)cn1)c1cc(C)c(C)cc1C.CCCC(C)CC. The van der Waals surface area contributed by atoms with Gasteiger partial charge < -0.3 is 5.73 Å². The minimum atomic E-state index is 0.0461. The predicted molar refractivity (Wildman–Crippen MR) is 165 cm³/mol. The molecule has 0 amide bonds. The highest BCUT2D eigenvalue weighted by Gasteiger charge is 2.15. The van der Waals surface area contributed by atoms with Crippen LogP contribution in [0.4, 0.5) is 0 Å². The second kappa shape index (κ2) is 16.4. The van der Waals surface area contributed by atoms with Crippen LogP contribution in [0.25, 0.3) is 11.1 Å². The number of nitrogens with one attached hydrogen (secondary N) is 1. The van der Waals surface area contributed by atoms with Gasteiger partial charge in [0, 0.05) is 27.9 Å². The van der Waals surface area contributed by atoms with Gasteiger partial charge in [-0.3, -0.25) is 9.71 Å². The predicted octanol–water partition coefficient (Wildman–Crippen LogP) is 9.44. The fourth-order valence-corrected chi connectivity index (χ4v) is 4.21. The van der Waals surface area contributed by atoms with E-state index in [4.69, 9.17) is 5.73 Å². The fraction of sp³-hybridized carbons (Fsp3) is 0.469. The Morgan fingerprint density at radius 2 is 1.64 bits per heavy atom. The zero-order chi connectivity index (χ0) is 28.1. The topological polar surface area (TPSA) is 50.9 Å². The number of aromatic nitrogens is 1. The lowest BCUT2D eigenvalue weighted by atomic mass is 9.90. The molecule has 1 aromatic heterocycles. The van der Waals surface area contributed by atoms with E-state index in [1.807, 2.05) is 12.3 Å². The van der Waals surface area contributed by atoms with Crippen molar-refractivity contribution in [1.29, 1.82) is 0 Å². The molecule has 200 valence electrons. The highest BCUT2D eigenvalue weighted by molar-refractivity contribution is 7.97. The number of nitrogens with two attached hydrogens (primary N) is 1. The first kappa shape index (κ1) is 33.7. The zero-order valence-electron chi connectivity index (χ0n) is 24.6. The van der Waals surface area contributed by atoms with Crippen molar-refractivity contribution in [2.75, 3.05) is 0 Å². The summed E-state index contributed by atoms with van der Waals surface area (Å²) in [6, 6.07) is 8.52. The molecule has 1 heterocycles. The summed E-state index contributed by atoms with van der Waals surface area (Å²) in [7, 11) is 0. The van der Waals surface area contributed by atoms with Gasteiger partial charge >= 0.3 is 0 Å². The average Bonchev–Trinajstić information content (AvgIpc) is 2.82. The summed E-state index contributed by atoms with van der Waals surface area (Å²) in [5, 5.41) is 0. The molecule has 0 bridgehead atoms. The Morgan fingerprint density at radius 1 is 1.06 bits per heavy atom. The van der Waals surface area contributed by atoms with Crippen LogP contribution in [-0.4, -0.2) is 10.5 Å². The third-order valence-corrected chi connectivity index (χ3v) is 7.07. The monoisotopic (exact) mass is 509 g/mol. The maximum Gasteiger partial charge on any atom is 0.0666 e.